The lowest BCUT2D eigenvalue weighted by molar-refractivity contribution is -0.156. The summed E-state index contributed by atoms with van der Waals surface area (Å²) in [7, 11) is 0. The Labute approximate surface area is 163 Å². The largest absolute Gasteiger partial charge is 0.457 e. The minimum atomic E-state index is -0.676. The quantitative estimate of drug-likeness (QED) is 0.503. The Morgan fingerprint density at radius 2 is 2.11 bits per heavy atom. The van der Waals surface area contributed by atoms with Crippen molar-refractivity contribution in [3.05, 3.63) is 53.1 Å². The standard InChI is InChI=1S/C20H24N2O4S/c1-6-9-25-15(4)19(24)26-11-17-12-27-20(21-17)22(16(5)23)18-8-7-13(2)10-14(18)3/h6-8,10,12,15H,1,9,11H2,2-5H3. The molecule has 27 heavy (non-hydrogen) atoms. The van der Waals surface area contributed by atoms with E-state index < -0.39 is 12.1 Å². The number of rotatable bonds is 8. The van der Waals surface area contributed by atoms with Gasteiger partial charge < -0.3 is 9.47 Å². The van der Waals surface area contributed by atoms with Crippen LogP contribution in [-0.2, 0) is 25.7 Å². The predicted octanol–water partition coefficient (Wildman–Crippen LogP) is 4.08. The van der Waals surface area contributed by atoms with Crippen LogP contribution in [0.4, 0.5) is 10.8 Å². The number of benzene rings is 1. The normalized spacial score (nSPS) is 11.7. The molecule has 1 amide bonds. The first kappa shape index (κ1) is 20.8. The fraction of sp³-hybridized carbons (Fsp3) is 0.350. The van der Waals surface area contributed by atoms with Gasteiger partial charge in [-0.05, 0) is 32.4 Å². The minimum Gasteiger partial charge on any atom is -0.457 e. The average Bonchev–Trinajstić information content (AvgIpc) is 3.07. The third-order valence-electron chi connectivity index (χ3n) is 3.80. The molecule has 2 rings (SSSR count). The van der Waals surface area contributed by atoms with Crippen molar-refractivity contribution in [1.29, 1.82) is 0 Å². The number of nitrogens with zero attached hydrogens (tertiary/aromatic N) is 2. The number of esters is 1. The van der Waals surface area contributed by atoms with Gasteiger partial charge in [0, 0.05) is 12.3 Å². The van der Waals surface area contributed by atoms with E-state index >= 15 is 0 Å². The number of aryl methyl sites for hydroxylation is 2. The molecule has 1 atom stereocenters. The molecule has 0 saturated carbocycles. The van der Waals surface area contributed by atoms with Gasteiger partial charge in [0.2, 0.25) is 5.91 Å². The Morgan fingerprint density at radius 3 is 2.74 bits per heavy atom. The predicted molar refractivity (Wildman–Crippen MR) is 106 cm³/mol. The van der Waals surface area contributed by atoms with Gasteiger partial charge in [-0.25, -0.2) is 9.78 Å². The van der Waals surface area contributed by atoms with Crippen molar-refractivity contribution in [2.75, 3.05) is 11.5 Å². The topological polar surface area (TPSA) is 68.7 Å². The van der Waals surface area contributed by atoms with Crippen LogP contribution >= 0.6 is 11.3 Å². The summed E-state index contributed by atoms with van der Waals surface area (Å²) in [6.45, 7) is 10.9. The van der Waals surface area contributed by atoms with Crippen molar-refractivity contribution < 1.29 is 19.1 Å². The maximum atomic E-state index is 12.2. The van der Waals surface area contributed by atoms with E-state index in [4.69, 9.17) is 9.47 Å². The van der Waals surface area contributed by atoms with Crippen molar-refractivity contribution in [2.45, 2.75) is 40.4 Å². The molecule has 0 spiro atoms. The van der Waals surface area contributed by atoms with Crippen LogP contribution in [0.1, 0.15) is 30.7 Å². The molecule has 0 aliphatic carbocycles. The molecule has 1 aromatic heterocycles. The van der Waals surface area contributed by atoms with Gasteiger partial charge in [-0.15, -0.1) is 17.9 Å². The first-order valence-corrected chi connectivity index (χ1v) is 9.43. The fourth-order valence-electron chi connectivity index (χ4n) is 2.47. The van der Waals surface area contributed by atoms with Gasteiger partial charge >= 0.3 is 5.97 Å². The van der Waals surface area contributed by atoms with Gasteiger partial charge in [0.1, 0.15) is 6.61 Å². The highest BCUT2D eigenvalue weighted by molar-refractivity contribution is 7.14. The van der Waals surface area contributed by atoms with Crippen LogP contribution in [0, 0.1) is 13.8 Å². The van der Waals surface area contributed by atoms with E-state index in [9.17, 15) is 9.59 Å². The molecule has 6 nitrogen and oxygen atoms in total. The summed E-state index contributed by atoms with van der Waals surface area (Å²) >= 11 is 1.33. The Balaban J connectivity index is 2.11. The van der Waals surface area contributed by atoms with Crippen LogP contribution in [0.3, 0.4) is 0 Å². The lowest BCUT2D eigenvalue weighted by atomic mass is 10.1. The summed E-state index contributed by atoms with van der Waals surface area (Å²) in [4.78, 5) is 30.2. The lowest BCUT2D eigenvalue weighted by Crippen LogP contribution is -2.24. The number of ether oxygens (including phenoxy) is 2. The number of amides is 1. The van der Waals surface area contributed by atoms with Crippen LogP contribution < -0.4 is 4.90 Å². The molecule has 1 heterocycles. The molecule has 0 aliphatic heterocycles. The molecular weight excluding hydrogens is 364 g/mol. The molecule has 0 radical (unpaired) electrons. The zero-order valence-corrected chi connectivity index (χ0v) is 16.8. The Kier molecular flexibility index (Phi) is 7.27. The van der Waals surface area contributed by atoms with E-state index in [1.165, 1.54) is 18.3 Å². The number of hydrogen-bond acceptors (Lipinski definition) is 6. The number of thiazole rings is 1. The molecule has 144 valence electrons. The van der Waals surface area contributed by atoms with Gasteiger partial charge in [-0.2, -0.15) is 0 Å². The summed E-state index contributed by atoms with van der Waals surface area (Å²) in [5.41, 5.74) is 3.48. The highest BCUT2D eigenvalue weighted by Gasteiger charge is 2.21. The Morgan fingerprint density at radius 1 is 1.37 bits per heavy atom. The smallest absolute Gasteiger partial charge is 0.335 e. The summed E-state index contributed by atoms with van der Waals surface area (Å²) in [5, 5.41) is 2.31. The average molecular weight is 388 g/mol. The van der Waals surface area contributed by atoms with Gasteiger partial charge in [0.15, 0.2) is 11.2 Å². The van der Waals surface area contributed by atoms with E-state index in [-0.39, 0.29) is 19.1 Å². The van der Waals surface area contributed by atoms with E-state index in [1.807, 2.05) is 32.0 Å². The summed E-state index contributed by atoms with van der Waals surface area (Å²) < 4.78 is 10.5. The van der Waals surface area contributed by atoms with E-state index in [0.29, 0.717) is 10.8 Å². The van der Waals surface area contributed by atoms with Crippen molar-refractivity contribution in [2.24, 2.45) is 0 Å². The van der Waals surface area contributed by atoms with Crippen molar-refractivity contribution in [1.82, 2.24) is 4.98 Å². The van der Waals surface area contributed by atoms with Gasteiger partial charge in [0.05, 0.1) is 18.0 Å². The molecule has 0 aliphatic rings. The van der Waals surface area contributed by atoms with Crippen molar-refractivity contribution in [3.63, 3.8) is 0 Å². The van der Waals surface area contributed by atoms with E-state index in [2.05, 4.69) is 11.6 Å². The first-order chi connectivity index (χ1) is 12.8. The molecule has 0 fully saturated rings. The number of aromatic nitrogens is 1. The molecule has 2 aromatic rings. The fourth-order valence-corrected chi connectivity index (χ4v) is 3.34. The molecule has 1 aromatic carbocycles. The third-order valence-corrected chi connectivity index (χ3v) is 4.67. The SMILES string of the molecule is C=CCOC(C)C(=O)OCc1csc(N(C(C)=O)c2ccc(C)cc2C)n1. The molecule has 1 unspecified atom stereocenters. The Bertz CT molecular complexity index is 831. The van der Waals surface area contributed by atoms with Crippen molar-refractivity contribution in [3.8, 4) is 0 Å². The number of hydrogen-bond donors (Lipinski definition) is 0. The lowest BCUT2D eigenvalue weighted by Gasteiger charge is -2.20. The highest BCUT2D eigenvalue weighted by atomic mass is 32.1. The zero-order valence-electron chi connectivity index (χ0n) is 16.0. The molecule has 0 saturated heterocycles. The Hall–Kier alpha value is -2.51. The van der Waals surface area contributed by atoms with Gasteiger partial charge in [-0.3, -0.25) is 9.69 Å². The second-order valence-corrected chi connectivity index (χ2v) is 6.97. The molecular formula is C20H24N2O4S. The molecule has 7 heteroatoms. The maximum Gasteiger partial charge on any atom is 0.335 e. The maximum absolute atomic E-state index is 12.2. The first-order valence-electron chi connectivity index (χ1n) is 8.55. The van der Waals surface area contributed by atoms with Gasteiger partial charge in [0.25, 0.3) is 0 Å². The summed E-state index contributed by atoms with van der Waals surface area (Å²) in [5.74, 6) is -0.601. The summed E-state index contributed by atoms with van der Waals surface area (Å²) in [6.07, 6.45) is 0.893. The van der Waals surface area contributed by atoms with Crippen LogP contribution in [0.5, 0.6) is 0 Å². The highest BCUT2D eigenvalue weighted by Crippen LogP contribution is 2.31. The van der Waals surface area contributed by atoms with Crippen molar-refractivity contribution >= 4 is 34.0 Å². The molecule has 0 N–H and O–H groups in total. The van der Waals surface area contributed by atoms with Crippen LogP contribution in [0.2, 0.25) is 0 Å². The van der Waals surface area contributed by atoms with Gasteiger partial charge in [-0.1, -0.05) is 23.8 Å². The monoisotopic (exact) mass is 388 g/mol. The van der Waals surface area contributed by atoms with E-state index in [0.717, 1.165) is 16.8 Å². The van der Waals surface area contributed by atoms with Crippen LogP contribution in [-0.4, -0.2) is 29.6 Å². The summed E-state index contributed by atoms with van der Waals surface area (Å²) in [6, 6.07) is 5.89. The van der Waals surface area contributed by atoms with Crippen LogP contribution in [0.25, 0.3) is 0 Å². The number of carbonyl (C=O) groups is 2. The van der Waals surface area contributed by atoms with Crippen LogP contribution in [0.15, 0.2) is 36.2 Å². The molecule has 0 bridgehead atoms. The minimum absolute atomic E-state index is 0.0236. The second-order valence-electron chi connectivity index (χ2n) is 6.14. The zero-order chi connectivity index (χ0) is 20.0. The number of carbonyl (C=O) groups excluding carboxylic acids is 2. The number of anilines is 2. The van der Waals surface area contributed by atoms with E-state index in [1.54, 1.807) is 23.3 Å². The second kappa shape index (κ2) is 9.43. The third kappa shape index (κ3) is 5.48.